The number of aromatic nitrogens is 2. The number of aryl methyl sites for hydroxylation is 1. The molecule has 14 heavy (non-hydrogen) atoms. The average molecular weight is 193 g/mol. The zero-order chi connectivity index (χ0) is 9.80. The lowest BCUT2D eigenvalue weighted by atomic mass is 10.2. The van der Waals surface area contributed by atoms with Crippen LogP contribution < -0.4 is 5.32 Å². The van der Waals surface area contributed by atoms with E-state index in [0.29, 0.717) is 0 Å². The zero-order valence-electron chi connectivity index (χ0n) is 8.87. The van der Waals surface area contributed by atoms with Gasteiger partial charge in [0.05, 0.1) is 6.20 Å². The van der Waals surface area contributed by atoms with E-state index < -0.39 is 0 Å². The van der Waals surface area contributed by atoms with Crippen molar-refractivity contribution < 1.29 is 0 Å². The van der Waals surface area contributed by atoms with E-state index in [2.05, 4.69) is 23.5 Å². The number of hydrogen-bond acceptors (Lipinski definition) is 2. The lowest BCUT2D eigenvalue weighted by molar-refractivity contribution is 0.601. The number of nitrogens with one attached hydrogen (secondary N) is 1. The summed E-state index contributed by atoms with van der Waals surface area (Å²) in [5.74, 6) is 0. The molecule has 0 bridgehead atoms. The molecule has 1 aliphatic carbocycles. The Morgan fingerprint density at radius 1 is 1.57 bits per heavy atom. The third kappa shape index (κ3) is 2.84. The highest BCUT2D eigenvalue weighted by Crippen LogP contribution is 2.18. The van der Waals surface area contributed by atoms with Crippen molar-refractivity contribution in [3.63, 3.8) is 0 Å². The van der Waals surface area contributed by atoms with Gasteiger partial charge in [-0.3, -0.25) is 4.68 Å². The van der Waals surface area contributed by atoms with Gasteiger partial charge in [0.15, 0.2) is 0 Å². The minimum Gasteiger partial charge on any atom is -0.314 e. The summed E-state index contributed by atoms with van der Waals surface area (Å²) in [7, 11) is 0. The van der Waals surface area contributed by atoms with Crippen molar-refractivity contribution in [1.82, 2.24) is 15.1 Å². The van der Waals surface area contributed by atoms with Crippen LogP contribution in [0.15, 0.2) is 12.4 Å². The summed E-state index contributed by atoms with van der Waals surface area (Å²) < 4.78 is 2.03. The first-order valence-electron chi connectivity index (χ1n) is 5.63. The predicted octanol–water partition coefficient (Wildman–Crippen LogP) is 1.59. The van der Waals surface area contributed by atoms with Gasteiger partial charge in [0.1, 0.15) is 0 Å². The second-order valence-electron chi connectivity index (χ2n) is 4.09. The number of rotatable bonds is 6. The van der Waals surface area contributed by atoms with E-state index >= 15 is 0 Å². The largest absolute Gasteiger partial charge is 0.314 e. The molecule has 0 aliphatic heterocycles. The van der Waals surface area contributed by atoms with Crippen molar-refractivity contribution in [2.75, 3.05) is 6.54 Å². The Hall–Kier alpha value is -0.830. The number of nitrogens with zero attached hydrogens (tertiary/aromatic N) is 2. The molecule has 1 N–H and O–H groups in total. The highest BCUT2D eigenvalue weighted by molar-refractivity contribution is 5.04. The molecule has 1 aromatic rings. The van der Waals surface area contributed by atoms with E-state index in [0.717, 1.165) is 32.0 Å². The van der Waals surface area contributed by atoms with Crippen LogP contribution in [0.3, 0.4) is 0 Å². The van der Waals surface area contributed by atoms with Crippen LogP contribution in [0.4, 0.5) is 0 Å². The molecule has 0 aromatic carbocycles. The molecule has 1 saturated carbocycles. The highest BCUT2D eigenvalue weighted by Gasteiger charge is 2.19. The van der Waals surface area contributed by atoms with Crippen molar-refractivity contribution in [3.8, 4) is 0 Å². The second kappa shape index (κ2) is 4.60. The summed E-state index contributed by atoms with van der Waals surface area (Å²) in [6.45, 7) is 4.31. The molecule has 0 atom stereocenters. The van der Waals surface area contributed by atoms with Gasteiger partial charge in [-0.25, -0.2) is 0 Å². The van der Waals surface area contributed by atoms with Gasteiger partial charge in [0, 0.05) is 18.8 Å². The first-order valence-corrected chi connectivity index (χ1v) is 5.63. The van der Waals surface area contributed by atoms with Crippen molar-refractivity contribution in [3.05, 3.63) is 18.0 Å². The van der Waals surface area contributed by atoms with Crippen LogP contribution >= 0.6 is 0 Å². The maximum Gasteiger partial charge on any atom is 0.0522 e. The highest BCUT2D eigenvalue weighted by atomic mass is 15.3. The summed E-state index contributed by atoms with van der Waals surface area (Å²) in [4.78, 5) is 0. The van der Waals surface area contributed by atoms with Gasteiger partial charge < -0.3 is 5.32 Å². The van der Waals surface area contributed by atoms with Gasteiger partial charge >= 0.3 is 0 Å². The van der Waals surface area contributed by atoms with Crippen LogP contribution in [0.2, 0.25) is 0 Å². The summed E-state index contributed by atoms with van der Waals surface area (Å²) in [6.07, 6.45) is 9.16. The molecule has 1 aromatic heterocycles. The molecule has 0 saturated heterocycles. The minimum absolute atomic E-state index is 0.820. The summed E-state index contributed by atoms with van der Waals surface area (Å²) in [6, 6.07) is 0.820. The third-order valence-electron chi connectivity index (χ3n) is 2.56. The molecule has 0 amide bonds. The minimum atomic E-state index is 0.820. The molecule has 0 radical (unpaired) electrons. The second-order valence-corrected chi connectivity index (χ2v) is 4.09. The van der Waals surface area contributed by atoms with Crippen LogP contribution in [0.5, 0.6) is 0 Å². The Morgan fingerprint density at radius 2 is 2.43 bits per heavy atom. The maximum absolute atomic E-state index is 4.31. The van der Waals surface area contributed by atoms with E-state index in [9.17, 15) is 0 Å². The van der Waals surface area contributed by atoms with E-state index in [4.69, 9.17) is 0 Å². The molecule has 0 spiro atoms. The van der Waals surface area contributed by atoms with Crippen molar-refractivity contribution in [2.24, 2.45) is 0 Å². The molecule has 1 heterocycles. The normalized spacial score (nSPS) is 16.1. The van der Waals surface area contributed by atoms with Crippen molar-refractivity contribution in [1.29, 1.82) is 0 Å². The molecule has 3 nitrogen and oxygen atoms in total. The quantitative estimate of drug-likeness (QED) is 0.743. The van der Waals surface area contributed by atoms with Crippen LogP contribution in [0.1, 0.15) is 31.7 Å². The van der Waals surface area contributed by atoms with Crippen molar-refractivity contribution >= 4 is 0 Å². The van der Waals surface area contributed by atoms with Crippen LogP contribution in [-0.4, -0.2) is 22.4 Å². The smallest absolute Gasteiger partial charge is 0.0522 e. The Labute approximate surface area is 85.5 Å². The van der Waals surface area contributed by atoms with Crippen LogP contribution in [-0.2, 0) is 13.0 Å². The topological polar surface area (TPSA) is 29.9 Å². The van der Waals surface area contributed by atoms with Crippen molar-refractivity contribution in [2.45, 2.75) is 45.2 Å². The molecule has 78 valence electrons. The Bertz CT molecular complexity index is 276. The maximum atomic E-state index is 4.31. The summed E-state index contributed by atoms with van der Waals surface area (Å²) in [5.41, 5.74) is 1.35. The fourth-order valence-electron chi connectivity index (χ4n) is 1.59. The molecule has 1 aliphatic rings. The Balaban J connectivity index is 1.71. The van der Waals surface area contributed by atoms with Gasteiger partial charge in [-0.15, -0.1) is 0 Å². The molecule has 1 fully saturated rings. The SMILES string of the molecule is CCCn1cc(CCNC2CC2)cn1. The van der Waals surface area contributed by atoms with E-state index in [1.165, 1.54) is 18.4 Å². The fraction of sp³-hybridized carbons (Fsp3) is 0.727. The van der Waals surface area contributed by atoms with E-state index in [1.54, 1.807) is 0 Å². The lowest BCUT2D eigenvalue weighted by Gasteiger charge is -1.99. The number of hydrogen-bond donors (Lipinski definition) is 1. The summed E-state index contributed by atoms with van der Waals surface area (Å²) in [5, 5.41) is 7.82. The molecular formula is C11H19N3. The molecule has 3 heteroatoms. The lowest BCUT2D eigenvalue weighted by Crippen LogP contribution is -2.18. The van der Waals surface area contributed by atoms with E-state index in [-0.39, 0.29) is 0 Å². The van der Waals surface area contributed by atoms with Gasteiger partial charge in [-0.05, 0) is 37.8 Å². The molecule has 2 rings (SSSR count). The third-order valence-corrected chi connectivity index (χ3v) is 2.56. The van der Waals surface area contributed by atoms with Gasteiger partial charge in [-0.2, -0.15) is 5.10 Å². The monoisotopic (exact) mass is 193 g/mol. The standard InChI is InChI=1S/C11H19N3/c1-2-7-14-9-10(8-13-14)5-6-12-11-3-4-11/h8-9,11-12H,2-7H2,1H3. The van der Waals surface area contributed by atoms with Crippen LogP contribution in [0.25, 0.3) is 0 Å². The van der Waals surface area contributed by atoms with Gasteiger partial charge in [0.2, 0.25) is 0 Å². The van der Waals surface area contributed by atoms with Gasteiger partial charge in [-0.1, -0.05) is 6.92 Å². The first kappa shape index (κ1) is 9.71. The average Bonchev–Trinajstić information content (AvgIpc) is 2.88. The van der Waals surface area contributed by atoms with Crippen LogP contribution in [0, 0.1) is 0 Å². The van der Waals surface area contributed by atoms with E-state index in [1.807, 2.05) is 10.9 Å². The zero-order valence-corrected chi connectivity index (χ0v) is 8.87. The predicted molar refractivity (Wildman–Crippen MR) is 57.2 cm³/mol. The molecule has 0 unspecified atom stereocenters. The Morgan fingerprint density at radius 3 is 3.14 bits per heavy atom. The molecular weight excluding hydrogens is 174 g/mol. The van der Waals surface area contributed by atoms with Gasteiger partial charge in [0.25, 0.3) is 0 Å². The Kier molecular flexibility index (Phi) is 3.19. The summed E-state index contributed by atoms with van der Waals surface area (Å²) >= 11 is 0. The fourth-order valence-corrected chi connectivity index (χ4v) is 1.59. The first-order chi connectivity index (χ1) is 6.88.